The van der Waals surface area contributed by atoms with Crippen molar-refractivity contribution >= 4 is 57.9 Å². The molecule has 2 aromatic rings. The van der Waals surface area contributed by atoms with Gasteiger partial charge in [-0.05, 0) is 54.0 Å². The Morgan fingerprint density at radius 2 is 1.95 bits per heavy atom. The van der Waals surface area contributed by atoms with Gasteiger partial charge in [-0.15, -0.1) is 11.3 Å². The molecule has 1 heterocycles. The molecule has 0 atom stereocenters. The van der Waals surface area contributed by atoms with Crippen molar-refractivity contribution in [1.82, 2.24) is 10.9 Å². The number of benzene rings is 1. The van der Waals surface area contributed by atoms with E-state index in [0.29, 0.717) is 5.02 Å². The summed E-state index contributed by atoms with van der Waals surface area (Å²) in [5.74, 6) is -0.288. The lowest BCUT2D eigenvalue weighted by atomic mass is 10.3. The molecule has 0 saturated carbocycles. The topological polar surface area (TPSA) is 53.2 Å². The quantitative estimate of drug-likeness (QED) is 0.456. The van der Waals surface area contributed by atoms with Crippen LogP contribution >= 0.6 is 35.2 Å². The van der Waals surface area contributed by atoms with Crippen LogP contribution < -0.4 is 16.2 Å². The van der Waals surface area contributed by atoms with Crippen molar-refractivity contribution in [1.29, 1.82) is 0 Å². The van der Waals surface area contributed by atoms with Gasteiger partial charge in [-0.25, -0.2) is 0 Å². The van der Waals surface area contributed by atoms with Crippen LogP contribution in [0.5, 0.6) is 0 Å². The second-order valence-corrected chi connectivity index (χ2v) is 5.75. The van der Waals surface area contributed by atoms with Gasteiger partial charge < -0.3 is 5.32 Å². The zero-order valence-electron chi connectivity index (χ0n) is 10.8. The number of thiocarbonyl (C=S) groups is 1. The lowest BCUT2D eigenvalue weighted by molar-refractivity contribution is -0.116. The van der Waals surface area contributed by atoms with Crippen molar-refractivity contribution < 1.29 is 4.79 Å². The highest BCUT2D eigenvalue weighted by Gasteiger charge is 1.99. The third-order valence-corrected chi connectivity index (χ3v) is 3.64. The maximum atomic E-state index is 11.6. The van der Waals surface area contributed by atoms with Gasteiger partial charge in [0.1, 0.15) is 0 Å². The molecule has 0 aliphatic heterocycles. The van der Waals surface area contributed by atoms with Crippen LogP contribution in [-0.2, 0) is 4.79 Å². The molecule has 108 valence electrons. The fraction of sp³-hybridized carbons (Fsp3) is 0. The van der Waals surface area contributed by atoms with Crippen LogP contribution in [0.2, 0.25) is 5.02 Å². The van der Waals surface area contributed by atoms with Crippen molar-refractivity contribution in [2.45, 2.75) is 0 Å². The fourth-order valence-electron chi connectivity index (χ4n) is 1.40. The summed E-state index contributed by atoms with van der Waals surface area (Å²) in [7, 11) is 0. The van der Waals surface area contributed by atoms with Crippen molar-refractivity contribution in [3.8, 4) is 0 Å². The summed E-state index contributed by atoms with van der Waals surface area (Å²) in [6.45, 7) is 0. The summed E-state index contributed by atoms with van der Waals surface area (Å²) in [6, 6.07) is 10.9. The molecule has 0 radical (unpaired) electrons. The number of rotatable bonds is 3. The summed E-state index contributed by atoms with van der Waals surface area (Å²) in [5, 5.41) is 5.80. The SMILES string of the molecule is O=C(/C=C/c1cccs1)NNC(=S)Nc1ccc(Cl)cc1. The van der Waals surface area contributed by atoms with Crippen molar-refractivity contribution in [3.05, 3.63) is 57.8 Å². The molecule has 1 aromatic carbocycles. The number of hydrogen-bond acceptors (Lipinski definition) is 3. The number of anilines is 1. The number of carbonyl (C=O) groups excluding carboxylic acids is 1. The molecule has 1 amide bonds. The second-order valence-electron chi connectivity index (χ2n) is 3.92. The molecule has 0 aliphatic rings. The standard InChI is InChI=1S/C14H12ClN3OS2/c15-10-3-5-11(6-4-10)16-14(20)18-17-13(19)8-7-12-2-1-9-21-12/h1-9H,(H,17,19)(H2,16,18,20)/b8-7+. The van der Waals surface area contributed by atoms with Gasteiger partial charge in [0.15, 0.2) is 5.11 Å². The largest absolute Gasteiger partial charge is 0.331 e. The van der Waals surface area contributed by atoms with Crippen LogP contribution in [-0.4, -0.2) is 11.0 Å². The van der Waals surface area contributed by atoms with E-state index in [2.05, 4.69) is 16.2 Å². The van der Waals surface area contributed by atoms with E-state index in [9.17, 15) is 4.79 Å². The number of thiophene rings is 1. The summed E-state index contributed by atoms with van der Waals surface area (Å²) in [5.41, 5.74) is 5.87. The Labute approximate surface area is 136 Å². The molecule has 0 bridgehead atoms. The van der Waals surface area contributed by atoms with Crippen molar-refractivity contribution in [2.75, 3.05) is 5.32 Å². The highest BCUT2D eigenvalue weighted by molar-refractivity contribution is 7.80. The monoisotopic (exact) mass is 337 g/mol. The van der Waals surface area contributed by atoms with Crippen LogP contribution in [0.1, 0.15) is 4.88 Å². The third-order valence-electron chi connectivity index (χ3n) is 2.34. The predicted molar refractivity (Wildman–Crippen MR) is 92.3 cm³/mol. The first-order chi connectivity index (χ1) is 10.1. The molecule has 0 spiro atoms. The molecular formula is C14H12ClN3OS2. The second kappa shape index (κ2) is 7.78. The van der Waals surface area contributed by atoms with E-state index in [-0.39, 0.29) is 11.0 Å². The number of carbonyl (C=O) groups is 1. The minimum Gasteiger partial charge on any atom is -0.331 e. The van der Waals surface area contributed by atoms with Gasteiger partial charge in [-0.3, -0.25) is 15.6 Å². The highest BCUT2D eigenvalue weighted by atomic mass is 35.5. The van der Waals surface area contributed by atoms with Gasteiger partial charge in [-0.1, -0.05) is 17.7 Å². The van der Waals surface area contributed by atoms with E-state index in [1.165, 1.54) is 6.08 Å². The Balaban J connectivity index is 1.75. The molecule has 0 unspecified atom stereocenters. The molecule has 2 rings (SSSR count). The van der Waals surface area contributed by atoms with Gasteiger partial charge in [-0.2, -0.15) is 0 Å². The van der Waals surface area contributed by atoms with E-state index in [0.717, 1.165) is 10.6 Å². The van der Waals surface area contributed by atoms with Gasteiger partial charge in [0.05, 0.1) is 0 Å². The molecule has 4 nitrogen and oxygen atoms in total. The average molecular weight is 338 g/mol. The molecular weight excluding hydrogens is 326 g/mol. The minimum absolute atomic E-state index is 0.287. The van der Waals surface area contributed by atoms with E-state index < -0.39 is 0 Å². The van der Waals surface area contributed by atoms with Crippen LogP contribution in [0, 0.1) is 0 Å². The number of hydrogen-bond donors (Lipinski definition) is 3. The Hall–Kier alpha value is -1.89. The average Bonchev–Trinajstić information content (AvgIpc) is 2.99. The number of nitrogens with one attached hydrogen (secondary N) is 3. The first-order valence-corrected chi connectivity index (χ1v) is 7.64. The summed E-state index contributed by atoms with van der Waals surface area (Å²) >= 11 is 12.4. The molecule has 0 aliphatic carbocycles. The predicted octanol–water partition coefficient (Wildman–Crippen LogP) is 3.43. The van der Waals surface area contributed by atoms with Crippen LogP contribution in [0.3, 0.4) is 0 Å². The summed E-state index contributed by atoms with van der Waals surface area (Å²) in [6.07, 6.45) is 3.17. The third kappa shape index (κ3) is 5.55. The molecule has 21 heavy (non-hydrogen) atoms. The van der Waals surface area contributed by atoms with Crippen LogP contribution in [0.25, 0.3) is 6.08 Å². The van der Waals surface area contributed by atoms with Crippen LogP contribution in [0.15, 0.2) is 47.9 Å². The van der Waals surface area contributed by atoms with Crippen molar-refractivity contribution in [2.24, 2.45) is 0 Å². The Morgan fingerprint density at radius 1 is 1.19 bits per heavy atom. The summed E-state index contributed by atoms with van der Waals surface area (Å²) < 4.78 is 0. The van der Waals surface area contributed by atoms with Crippen molar-refractivity contribution in [3.63, 3.8) is 0 Å². The smallest absolute Gasteiger partial charge is 0.262 e. The molecule has 0 saturated heterocycles. The van der Waals surface area contributed by atoms with Crippen LogP contribution in [0.4, 0.5) is 5.69 Å². The number of hydrazine groups is 1. The van der Waals surface area contributed by atoms with E-state index in [1.54, 1.807) is 41.7 Å². The maximum absolute atomic E-state index is 11.6. The van der Waals surface area contributed by atoms with Gasteiger partial charge in [0, 0.05) is 21.7 Å². The highest BCUT2D eigenvalue weighted by Crippen LogP contribution is 2.13. The molecule has 1 aromatic heterocycles. The first kappa shape index (κ1) is 15.5. The Kier molecular flexibility index (Phi) is 5.74. The lowest BCUT2D eigenvalue weighted by Gasteiger charge is -2.10. The summed E-state index contributed by atoms with van der Waals surface area (Å²) in [4.78, 5) is 12.6. The van der Waals surface area contributed by atoms with E-state index in [4.69, 9.17) is 23.8 Å². The van der Waals surface area contributed by atoms with E-state index >= 15 is 0 Å². The number of halogens is 1. The Bertz CT molecular complexity index is 639. The molecule has 0 fully saturated rings. The zero-order chi connectivity index (χ0) is 15.1. The van der Waals surface area contributed by atoms with E-state index in [1.807, 2.05) is 17.5 Å². The maximum Gasteiger partial charge on any atom is 0.262 e. The normalized spacial score (nSPS) is 10.3. The molecule has 7 heteroatoms. The minimum atomic E-state index is -0.288. The zero-order valence-corrected chi connectivity index (χ0v) is 13.2. The fourth-order valence-corrected chi connectivity index (χ4v) is 2.31. The van der Waals surface area contributed by atoms with Gasteiger partial charge in [0.2, 0.25) is 0 Å². The Morgan fingerprint density at radius 3 is 2.62 bits per heavy atom. The number of amides is 1. The molecule has 3 N–H and O–H groups in total. The van der Waals surface area contributed by atoms with Gasteiger partial charge >= 0.3 is 0 Å². The lowest BCUT2D eigenvalue weighted by Crippen LogP contribution is -2.43. The van der Waals surface area contributed by atoms with Gasteiger partial charge in [0.25, 0.3) is 5.91 Å². The first-order valence-electron chi connectivity index (χ1n) is 5.97.